The van der Waals surface area contributed by atoms with Crippen LogP contribution in [0.3, 0.4) is 0 Å². The minimum atomic E-state index is -1.47. The molecule has 0 aliphatic carbocycles. The van der Waals surface area contributed by atoms with E-state index < -0.39 is 80.4 Å². The fourth-order valence-electron chi connectivity index (χ4n) is 3.97. The van der Waals surface area contributed by atoms with Crippen LogP contribution in [-0.2, 0) is 28.4 Å². The Hall–Kier alpha value is -0.440. The normalized spacial score (nSPS) is 46.0. The van der Waals surface area contributed by atoms with E-state index in [2.05, 4.69) is 0 Å². The summed E-state index contributed by atoms with van der Waals surface area (Å²) in [6.45, 7) is 4.74. The molecule has 5 N–H and O–H groups in total. The molecule has 0 aromatic carbocycles. The molecule has 3 saturated heterocycles. The van der Waals surface area contributed by atoms with Crippen molar-refractivity contribution in [1.29, 1.82) is 0 Å². The minimum Gasteiger partial charge on any atom is -0.394 e. The number of fused-ring (bicyclic) bond motifs is 1. The molecular formula is C19H34O11. The van der Waals surface area contributed by atoms with E-state index in [1.165, 1.54) is 0 Å². The molecule has 3 aliphatic rings. The molecule has 0 spiro atoms. The first-order chi connectivity index (χ1) is 14.2. The topological polar surface area (TPSA) is 157 Å². The lowest BCUT2D eigenvalue weighted by atomic mass is 9.97. The Morgan fingerprint density at radius 2 is 1.47 bits per heavy atom. The maximum absolute atomic E-state index is 10.7. The molecule has 4 unspecified atom stereocenters. The van der Waals surface area contributed by atoms with Crippen molar-refractivity contribution in [1.82, 2.24) is 0 Å². The average Bonchev–Trinajstić information content (AvgIpc) is 3.04. The van der Waals surface area contributed by atoms with Gasteiger partial charge in [-0.25, -0.2) is 0 Å². The Balaban J connectivity index is 1.69. The summed E-state index contributed by atoms with van der Waals surface area (Å²) in [5.74, 6) is -0.984. The lowest BCUT2D eigenvalue weighted by Crippen LogP contribution is -2.64. The van der Waals surface area contributed by atoms with Crippen molar-refractivity contribution in [2.45, 2.75) is 101 Å². The summed E-state index contributed by atoms with van der Waals surface area (Å²) in [5, 5.41) is 51.1. The molecule has 176 valence electrons. The summed E-state index contributed by atoms with van der Waals surface area (Å²) < 4.78 is 33.9. The highest BCUT2D eigenvalue weighted by Gasteiger charge is 2.56. The van der Waals surface area contributed by atoms with Gasteiger partial charge >= 0.3 is 0 Å². The van der Waals surface area contributed by atoms with Crippen LogP contribution in [0.5, 0.6) is 0 Å². The first-order valence-corrected chi connectivity index (χ1v) is 10.4. The smallest absolute Gasteiger partial charge is 0.187 e. The number of aliphatic hydroxyl groups excluding tert-OH is 5. The van der Waals surface area contributed by atoms with Crippen molar-refractivity contribution < 1.29 is 54.0 Å². The van der Waals surface area contributed by atoms with Crippen molar-refractivity contribution >= 4 is 0 Å². The minimum absolute atomic E-state index is 0.327. The maximum Gasteiger partial charge on any atom is 0.187 e. The van der Waals surface area contributed by atoms with Crippen molar-refractivity contribution in [2.24, 2.45) is 0 Å². The van der Waals surface area contributed by atoms with Gasteiger partial charge in [0.25, 0.3) is 0 Å². The number of hydrogen-bond acceptors (Lipinski definition) is 11. The Morgan fingerprint density at radius 3 is 2.10 bits per heavy atom. The molecule has 0 aromatic heterocycles. The van der Waals surface area contributed by atoms with Crippen molar-refractivity contribution in [3.05, 3.63) is 0 Å². The Bertz CT molecular complexity index is 545. The summed E-state index contributed by atoms with van der Waals surface area (Å²) >= 11 is 0. The third-order valence-corrected chi connectivity index (χ3v) is 5.53. The molecule has 3 fully saturated rings. The van der Waals surface area contributed by atoms with Crippen LogP contribution in [0.15, 0.2) is 0 Å². The maximum atomic E-state index is 10.7. The zero-order valence-corrected chi connectivity index (χ0v) is 17.5. The molecular weight excluding hydrogens is 404 g/mol. The van der Waals surface area contributed by atoms with Crippen LogP contribution in [0.4, 0.5) is 0 Å². The summed E-state index contributed by atoms with van der Waals surface area (Å²) in [5.41, 5.74) is 0. The van der Waals surface area contributed by atoms with Crippen LogP contribution in [0.1, 0.15) is 33.6 Å². The van der Waals surface area contributed by atoms with E-state index in [1.54, 1.807) is 13.8 Å². The molecule has 0 amide bonds. The molecule has 3 heterocycles. The van der Waals surface area contributed by atoms with Gasteiger partial charge in [-0.3, -0.25) is 0 Å². The molecule has 0 saturated carbocycles. The third-order valence-electron chi connectivity index (χ3n) is 5.53. The highest BCUT2D eigenvalue weighted by atomic mass is 16.8. The number of hydrogen-bond donors (Lipinski definition) is 5. The summed E-state index contributed by atoms with van der Waals surface area (Å²) in [6.07, 6.45) is -9.64. The van der Waals surface area contributed by atoms with Gasteiger partial charge in [-0.05, 0) is 20.3 Å². The van der Waals surface area contributed by atoms with Gasteiger partial charge in [0.1, 0.15) is 48.8 Å². The van der Waals surface area contributed by atoms with Gasteiger partial charge < -0.3 is 54.0 Å². The number of unbranched alkanes of at least 4 members (excludes halogenated alkanes) is 1. The number of rotatable bonds is 8. The quantitative estimate of drug-likeness (QED) is 0.273. The SMILES string of the molecule is CCCCO[C@@H]1OC(CO)[C@@H](O[C@@H]2O[C@@H](CO)[C@@H]3OC(C)(C)OC3C2O)C(O)[C@@H]1O. The van der Waals surface area contributed by atoms with Crippen LogP contribution < -0.4 is 0 Å². The van der Waals surface area contributed by atoms with Crippen molar-refractivity contribution in [3.63, 3.8) is 0 Å². The molecule has 30 heavy (non-hydrogen) atoms. The second-order valence-electron chi connectivity index (χ2n) is 8.31. The van der Waals surface area contributed by atoms with Crippen LogP contribution in [0.25, 0.3) is 0 Å². The molecule has 11 nitrogen and oxygen atoms in total. The lowest BCUT2D eigenvalue weighted by Gasteiger charge is -2.45. The van der Waals surface area contributed by atoms with E-state index in [4.69, 9.17) is 28.4 Å². The van der Waals surface area contributed by atoms with E-state index in [9.17, 15) is 25.5 Å². The van der Waals surface area contributed by atoms with Gasteiger partial charge in [0, 0.05) is 6.61 Å². The van der Waals surface area contributed by atoms with Gasteiger partial charge in [0.05, 0.1) is 13.2 Å². The van der Waals surface area contributed by atoms with Crippen LogP contribution in [0.2, 0.25) is 0 Å². The molecule has 0 bridgehead atoms. The number of ether oxygens (including phenoxy) is 6. The van der Waals surface area contributed by atoms with Crippen molar-refractivity contribution in [2.75, 3.05) is 19.8 Å². The van der Waals surface area contributed by atoms with Crippen LogP contribution in [0, 0.1) is 0 Å². The first-order valence-electron chi connectivity index (χ1n) is 10.4. The van der Waals surface area contributed by atoms with Gasteiger partial charge in [-0.2, -0.15) is 0 Å². The summed E-state index contributed by atoms with van der Waals surface area (Å²) in [6, 6.07) is 0. The van der Waals surface area contributed by atoms with Gasteiger partial charge in [0.2, 0.25) is 0 Å². The standard InChI is InChI=1S/C19H34O11/c1-4-5-6-25-17-12(23)11(22)14(9(7-20)26-17)28-18-13(24)16-15(10(8-21)27-18)29-19(2,3)30-16/h9-18,20-24H,4-8H2,1-3H3/t9?,10-,11?,12-,13?,14+,15-,16?,17+,18-/m0/s1. The van der Waals surface area contributed by atoms with E-state index >= 15 is 0 Å². The largest absolute Gasteiger partial charge is 0.394 e. The average molecular weight is 438 g/mol. The monoisotopic (exact) mass is 438 g/mol. The van der Waals surface area contributed by atoms with E-state index in [0.717, 1.165) is 12.8 Å². The molecule has 0 radical (unpaired) electrons. The lowest BCUT2D eigenvalue weighted by molar-refractivity contribution is -0.353. The van der Waals surface area contributed by atoms with Gasteiger partial charge in [-0.1, -0.05) is 13.3 Å². The zero-order valence-electron chi connectivity index (χ0n) is 17.5. The Morgan fingerprint density at radius 1 is 0.833 bits per heavy atom. The Kier molecular flexibility index (Phi) is 8.07. The molecule has 3 aliphatic heterocycles. The third kappa shape index (κ3) is 4.97. The zero-order chi connectivity index (χ0) is 22.1. The predicted octanol–water partition coefficient (Wildman–Crippen LogP) is -1.77. The molecule has 3 rings (SSSR count). The van der Waals surface area contributed by atoms with Crippen molar-refractivity contribution in [3.8, 4) is 0 Å². The highest BCUT2D eigenvalue weighted by molar-refractivity contribution is 4.98. The van der Waals surface area contributed by atoms with E-state index in [-0.39, 0.29) is 0 Å². The predicted molar refractivity (Wildman–Crippen MR) is 99.1 cm³/mol. The summed E-state index contributed by atoms with van der Waals surface area (Å²) in [4.78, 5) is 0. The fraction of sp³-hybridized carbons (Fsp3) is 1.00. The van der Waals surface area contributed by atoms with Gasteiger partial charge in [-0.15, -0.1) is 0 Å². The second-order valence-corrected chi connectivity index (χ2v) is 8.31. The molecule has 0 aromatic rings. The van der Waals surface area contributed by atoms with Crippen LogP contribution >= 0.6 is 0 Å². The molecule has 11 heteroatoms. The van der Waals surface area contributed by atoms with E-state index in [0.29, 0.717) is 6.61 Å². The number of aliphatic hydroxyl groups is 5. The highest BCUT2D eigenvalue weighted by Crippen LogP contribution is 2.38. The second kappa shape index (κ2) is 10.0. The first kappa shape index (κ1) is 24.2. The van der Waals surface area contributed by atoms with E-state index in [1.807, 2.05) is 6.92 Å². The van der Waals surface area contributed by atoms with Crippen LogP contribution in [-0.4, -0.2) is 113 Å². The summed E-state index contributed by atoms with van der Waals surface area (Å²) in [7, 11) is 0. The van der Waals surface area contributed by atoms with Gasteiger partial charge in [0.15, 0.2) is 18.4 Å². The fourth-order valence-corrected chi connectivity index (χ4v) is 3.97. The molecule has 10 atom stereocenters. The Labute approximate surface area is 175 Å².